The third-order valence-electron chi connectivity index (χ3n) is 4.66. The third kappa shape index (κ3) is 16.6. The van der Waals surface area contributed by atoms with Gasteiger partial charge in [-0.3, -0.25) is 4.57 Å². The molecule has 0 aromatic heterocycles. The first-order chi connectivity index (χ1) is 10.7. The minimum Gasteiger partial charge on any atom is -0.346 e. The van der Waals surface area contributed by atoms with Crippen molar-refractivity contribution < 1.29 is 9.46 Å². The summed E-state index contributed by atoms with van der Waals surface area (Å²) in [5.74, 6) is 0. The van der Waals surface area contributed by atoms with Crippen molar-refractivity contribution in [2.75, 3.05) is 0 Å². The average Bonchev–Trinajstić information content (AvgIpc) is 2.50. The van der Waals surface area contributed by atoms with E-state index in [0.29, 0.717) is 0 Å². The highest BCUT2D eigenvalue weighted by atomic mass is 31.1. The van der Waals surface area contributed by atoms with Crippen molar-refractivity contribution in [2.24, 2.45) is 0 Å². The van der Waals surface area contributed by atoms with Crippen LogP contribution >= 0.6 is 8.03 Å². The molecular formula is C19H41O2P. The van der Waals surface area contributed by atoms with E-state index >= 15 is 0 Å². The summed E-state index contributed by atoms with van der Waals surface area (Å²) < 4.78 is 10.9. The highest BCUT2D eigenvalue weighted by Gasteiger charge is 2.06. The Hall–Kier alpha value is 0.190. The van der Waals surface area contributed by atoms with Crippen molar-refractivity contribution in [1.82, 2.24) is 0 Å². The molecule has 0 radical (unpaired) electrons. The van der Waals surface area contributed by atoms with E-state index in [1.807, 2.05) is 6.92 Å². The Morgan fingerprint density at radius 2 is 1.00 bits per heavy atom. The van der Waals surface area contributed by atoms with Crippen LogP contribution in [-0.2, 0) is 4.57 Å². The van der Waals surface area contributed by atoms with Crippen molar-refractivity contribution >= 4 is 8.03 Å². The Morgan fingerprint density at radius 1 is 0.682 bits per heavy atom. The van der Waals surface area contributed by atoms with E-state index in [2.05, 4.69) is 6.92 Å². The molecule has 1 N–H and O–H groups in total. The zero-order valence-electron chi connectivity index (χ0n) is 15.2. The SMILES string of the molecule is CCCCCCCCCCCCCCCCCC(C)[PH](=O)O. The molecule has 3 heteroatoms. The van der Waals surface area contributed by atoms with E-state index in [0.717, 1.165) is 12.8 Å². The topological polar surface area (TPSA) is 37.3 Å². The molecule has 0 saturated carbocycles. The second-order valence-electron chi connectivity index (χ2n) is 6.98. The first-order valence-corrected chi connectivity index (χ1v) is 11.3. The Labute approximate surface area is 140 Å². The number of unbranched alkanes of at least 4 members (excludes halogenated alkanes) is 14. The molecule has 0 spiro atoms. The van der Waals surface area contributed by atoms with Crippen molar-refractivity contribution in [1.29, 1.82) is 0 Å². The molecule has 0 saturated heterocycles. The molecule has 0 aliphatic heterocycles. The van der Waals surface area contributed by atoms with Gasteiger partial charge in [0.2, 0.25) is 0 Å². The summed E-state index contributed by atoms with van der Waals surface area (Å²) in [5.41, 5.74) is 0.0203. The molecule has 2 unspecified atom stereocenters. The van der Waals surface area contributed by atoms with Gasteiger partial charge in [0.25, 0.3) is 0 Å². The van der Waals surface area contributed by atoms with Crippen LogP contribution in [0, 0.1) is 0 Å². The van der Waals surface area contributed by atoms with Gasteiger partial charge in [-0.15, -0.1) is 0 Å². The monoisotopic (exact) mass is 332 g/mol. The lowest BCUT2D eigenvalue weighted by Gasteiger charge is -2.06. The van der Waals surface area contributed by atoms with Crippen LogP contribution < -0.4 is 0 Å². The van der Waals surface area contributed by atoms with E-state index in [4.69, 9.17) is 4.89 Å². The molecule has 0 heterocycles. The number of rotatable bonds is 17. The van der Waals surface area contributed by atoms with E-state index < -0.39 is 8.03 Å². The van der Waals surface area contributed by atoms with Crippen LogP contribution in [0.5, 0.6) is 0 Å². The van der Waals surface area contributed by atoms with Gasteiger partial charge in [-0.25, -0.2) is 0 Å². The second-order valence-corrected chi connectivity index (χ2v) is 8.64. The van der Waals surface area contributed by atoms with E-state index in [-0.39, 0.29) is 5.66 Å². The molecule has 22 heavy (non-hydrogen) atoms. The summed E-state index contributed by atoms with van der Waals surface area (Å²) >= 11 is 0. The van der Waals surface area contributed by atoms with Gasteiger partial charge in [0.15, 0.2) is 8.03 Å². The maximum atomic E-state index is 10.9. The first kappa shape index (κ1) is 22.2. The van der Waals surface area contributed by atoms with Crippen LogP contribution in [0.3, 0.4) is 0 Å². The molecule has 0 amide bonds. The fourth-order valence-electron chi connectivity index (χ4n) is 2.95. The van der Waals surface area contributed by atoms with Gasteiger partial charge in [-0.05, 0) is 6.42 Å². The van der Waals surface area contributed by atoms with Gasteiger partial charge in [-0.1, -0.05) is 110 Å². The van der Waals surface area contributed by atoms with Crippen LogP contribution in [0.15, 0.2) is 0 Å². The van der Waals surface area contributed by atoms with Crippen LogP contribution in [0.4, 0.5) is 0 Å². The quantitative estimate of drug-likeness (QED) is 0.228. The van der Waals surface area contributed by atoms with Crippen molar-refractivity contribution in [3.05, 3.63) is 0 Å². The van der Waals surface area contributed by atoms with Crippen LogP contribution in [0.25, 0.3) is 0 Å². The lowest BCUT2D eigenvalue weighted by Crippen LogP contribution is -1.94. The van der Waals surface area contributed by atoms with Crippen LogP contribution in [0.1, 0.15) is 117 Å². The number of hydrogen-bond donors (Lipinski definition) is 1. The minimum absolute atomic E-state index is 0.0203. The highest BCUT2D eigenvalue weighted by Crippen LogP contribution is 2.26. The van der Waals surface area contributed by atoms with Gasteiger partial charge < -0.3 is 4.89 Å². The van der Waals surface area contributed by atoms with Crippen molar-refractivity contribution in [2.45, 2.75) is 122 Å². The lowest BCUT2D eigenvalue weighted by molar-refractivity contribution is 0.481. The fraction of sp³-hybridized carbons (Fsp3) is 1.00. The summed E-state index contributed by atoms with van der Waals surface area (Å²) in [6.07, 6.45) is 21.5. The fourth-order valence-corrected chi connectivity index (χ4v) is 3.40. The summed E-state index contributed by atoms with van der Waals surface area (Å²) in [7, 11) is -2.28. The van der Waals surface area contributed by atoms with Gasteiger partial charge in [0.05, 0.1) is 0 Å². The molecule has 2 nitrogen and oxygen atoms in total. The highest BCUT2D eigenvalue weighted by molar-refractivity contribution is 7.38. The third-order valence-corrected chi connectivity index (χ3v) is 5.79. The van der Waals surface area contributed by atoms with Crippen LogP contribution in [0.2, 0.25) is 0 Å². The maximum absolute atomic E-state index is 10.9. The maximum Gasteiger partial charge on any atom is 0.191 e. The second kappa shape index (κ2) is 17.5. The molecule has 2 atom stereocenters. The summed E-state index contributed by atoms with van der Waals surface area (Å²) in [4.78, 5) is 8.98. The molecular weight excluding hydrogens is 291 g/mol. The number of hydrogen-bond acceptors (Lipinski definition) is 1. The Kier molecular flexibility index (Phi) is 17.7. The standard InChI is InChI=1S/C19H41O2P/c1-3-4-5-6-7-8-9-10-11-12-13-14-15-16-17-18-19(2)22(20)21/h19,22H,3-18H2,1-2H3,(H,20,21). The molecule has 0 aliphatic rings. The van der Waals surface area contributed by atoms with Gasteiger partial charge in [0, 0.05) is 5.66 Å². The molecule has 0 aromatic carbocycles. The van der Waals surface area contributed by atoms with E-state index in [9.17, 15) is 4.57 Å². The van der Waals surface area contributed by atoms with Gasteiger partial charge in [0.1, 0.15) is 0 Å². The molecule has 0 fully saturated rings. The molecule has 0 aromatic rings. The van der Waals surface area contributed by atoms with Crippen molar-refractivity contribution in [3.63, 3.8) is 0 Å². The predicted octanol–water partition coefficient (Wildman–Crippen LogP) is 7.10. The summed E-state index contributed by atoms with van der Waals surface area (Å²) in [6.45, 7) is 4.17. The smallest absolute Gasteiger partial charge is 0.191 e. The van der Waals surface area contributed by atoms with Gasteiger partial charge >= 0.3 is 0 Å². The zero-order valence-corrected chi connectivity index (χ0v) is 16.2. The van der Waals surface area contributed by atoms with E-state index in [1.165, 1.54) is 89.9 Å². The Morgan fingerprint density at radius 3 is 1.32 bits per heavy atom. The molecule has 0 bridgehead atoms. The largest absolute Gasteiger partial charge is 0.346 e. The van der Waals surface area contributed by atoms with E-state index in [1.54, 1.807) is 0 Å². The molecule has 0 rings (SSSR count). The zero-order chi connectivity index (χ0) is 16.5. The predicted molar refractivity (Wildman–Crippen MR) is 100 cm³/mol. The molecule has 0 aliphatic carbocycles. The van der Waals surface area contributed by atoms with Gasteiger partial charge in [-0.2, -0.15) is 0 Å². The summed E-state index contributed by atoms with van der Waals surface area (Å²) in [6, 6.07) is 0. The Balaban J connectivity index is 3.04. The van der Waals surface area contributed by atoms with Crippen molar-refractivity contribution in [3.8, 4) is 0 Å². The Bertz CT molecular complexity index is 244. The lowest BCUT2D eigenvalue weighted by atomic mass is 10.0. The first-order valence-electron chi connectivity index (χ1n) is 9.91. The normalized spacial score (nSPS) is 14.1. The summed E-state index contributed by atoms with van der Waals surface area (Å²) in [5, 5.41) is 0. The van der Waals surface area contributed by atoms with Crippen LogP contribution in [-0.4, -0.2) is 10.6 Å². The molecule has 134 valence electrons. The average molecular weight is 333 g/mol. The minimum atomic E-state index is -2.28.